The lowest BCUT2D eigenvalue weighted by Gasteiger charge is -2.09. The van der Waals surface area contributed by atoms with Crippen LogP contribution in [0.25, 0.3) is 33.3 Å². The molecule has 0 saturated heterocycles. The van der Waals surface area contributed by atoms with E-state index in [1.165, 1.54) is 0 Å². The number of benzene rings is 3. The Bertz CT molecular complexity index is 1630. The van der Waals surface area contributed by atoms with Gasteiger partial charge in [0.25, 0.3) is 0 Å². The molecule has 238 valence electrons. The summed E-state index contributed by atoms with van der Waals surface area (Å²) < 4.78 is 17.7. The van der Waals surface area contributed by atoms with Crippen LogP contribution in [0.2, 0.25) is 0 Å². The van der Waals surface area contributed by atoms with Crippen LogP contribution in [0.3, 0.4) is 0 Å². The number of ether oxygens (including phenoxy) is 2. The fourth-order valence-corrected chi connectivity index (χ4v) is 4.90. The van der Waals surface area contributed by atoms with Crippen molar-refractivity contribution in [1.82, 2.24) is 4.98 Å². The van der Waals surface area contributed by atoms with E-state index in [0.717, 1.165) is 16.3 Å². The van der Waals surface area contributed by atoms with Crippen molar-refractivity contribution in [2.45, 2.75) is 51.4 Å². The van der Waals surface area contributed by atoms with Crippen LogP contribution in [-0.4, -0.2) is 62.5 Å². The molecule has 12 heteroatoms. The number of hydrogen-bond acceptors (Lipinski definition) is 8. The molecule has 0 radical (unpaired) electrons. The van der Waals surface area contributed by atoms with E-state index >= 15 is 0 Å². The summed E-state index contributed by atoms with van der Waals surface area (Å²) >= 11 is 0. The Morgan fingerprint density at radius 1 is 0.622 bits per heavy atom. The van der Waals surface area contributed by atoms with Crippen molar-refractivity contribution in [3.63, 3.8) is 0 Å². The molecule has 4 rings (SSSR count). The lowest BCUT2D eigenvalue weighted by atomic mass is 10.0. The van der Waals surface area contributed by atoms with Crippen LogP contribution in [0.15, 0.2) is 59.0 Å². The predicted molar refractivity (Wildman–Crippen MR) is 162 cm³/mol. The molecule has 0 aliphatic rings. The number of unbranched alkanes of at least 4 members (excludes halogenated alkanes) is 4. The SMILES string of the molecule is O=C(O)C(CCCCCOc1ccc2cc(-c3nc4ccc(OCCCCCC(C(=O)O)C(=O)O)cc4o3)ccc2c1)C(=O)O. The second-order valence-corrected chi connectivity index (χ2v) is 10.7. The van der Waals surface area contributed by atoms with Gasteiger partial charge in [0.1, 0.15) is 17.0 Å². The van der Waals surface area contributed by atoms with Gasteiger partial charge in [-0.05, 0) is 72.9 Å². The van der Waals surface area contributed by atoms with Gasteiger partial charge in [-0.2, -0.15) is 0 Å². The van der Waals surface area contributed by atoms with Gasteiger partial charge in [0.15, 0.2) is 17.4 Å². The van der Waals surface area contributed by atoms with E-state index < -0.39 is 35.7 Å². The number of oxazole rings is 1. The predicted octanol–water partition coefficient (Wildman–Crippen LogP) is 6.10. The van der Waals surface area contributed by atoms with Crippen molar-refractivity contribution in [1.29, 1.82) is 0 Å². The summed E-state index contributed by atoms with van der Waals surface area (Å²) in [4.78, 5) is 48.5. The summed E-state index contributed by atoms with van der Waals surface area (Å²) in [7, 11) is 0. The largest absolute Gasteiger partial charge is 0.494 e. The third-order valence-corrected chi connectivity index (χ3v) is 7.42. The zero-order chi connectivity index (χ0) is 32.3. The van der Waals surface area contributed by atoms with E-state index in [9.17, 15) is 19.2 Å². The Morgan fingerprint density at radius 2 is 1.13 bits per heavy atom. The van der Waals surface area contributed by atoms with Gasteiger partial charge in [-0.1, -0.05) is 37.8 Å². The summed E-state index contributed by atoms with van der Waals surface area (Å²) in [6.45, 7) is 0.830. The van der Waals surface area contributed by atoms with Crippen LogP contribution in [0.4, 0.5) is 0 Å². The summed E-state index contributed by atoms with van der Waals surface area (Å²) in [5, 5.41) is 37.7. The van der Waals surface area contributed by atoms with Crippen molar-refractivity contribution < 1.29 is 53.5 Å². The van der Waals surface area contributed by atoms with E-state index in [4.69, 9.17) is 34.3 Å². The number of carbonyl (C=O) groups is 4. The molecule has 4 N–H and O–H groups in total. The Kier molecular flexibility index (Phi) is 11.3. The minimum Gasteiger partial charge on any atom is -0.494 e. The number of aliphatic carboxylic acids is 4. The first-order chi connectivity index (χ1) is 21.6. The highest BCUT2D eigenvalue weighted by molar-refractivity contribution is 5.93. The zero-order valence-corrected chi connectivity index (χ0v) is 24.5. The maximum atomic E-state index is 11.0. The standard InChI is InChI=1S/C33H35NO11/c35-30(36)25(31(37)38)7-3-1-5-15-43-23-12-11-20-17-22(10-9-21(20)18-23)29-34-27-14-13-24(19-28(27)45-29)44-16-6-2-4-8-26(32(39)40)33(41)42/h9-14,17-19,25-26H,1-8,15-16H2,(H,35,36)(H,37,38)(H,39,40)(H,41,42). The Morgan fingerprint density at radius 3 is 1.71 bits per heavy atom. The first kappa shape index (κ1) is 32.8. The van der Waals surface area contributed by atoms with Crippen LogP contribution in [0.5, 0.6) is 11.5 Å². The molecule has 0 atom stereocenters. The van der Waals surface area contributed by atoms with Crippen molar-refractivity contribution in [3.05, 3.63) is 54.6 Å². The van der Waals surface area contributed by atoms with Crippen LogP contribution in [-0.2, 0) is 19.2 Å². The van der Waals surface area contributed by atoms with Gasteiger partial charge in [0, 0.05) is 11.6 Å². The molecule has 0 aliphatic heterocycles. The Balaban J connectivity index is 1.26. The van der Waals surface area contributed by atoms with Gasteiger partial charge >= 0.3 is 23.9 Å². The summed E-state index contributed by atoms with van der Waals surface area (Å²) in [6.07, 6.45) is 3.79. The van der Waals surface area contributed by atoms with E-state index in [-0.39, 0.29) is 12.8 Å². The molecule has 1 heterocycles. The van der Waals surface area contributed by atoms with E-state index in [2.05, 4.69) is 4.98 Å². The number of rotatable bonds is 19. The van der Waals surface area contributed by atoms with E-state index in [1.807, 2.05) is 42.5 Å². The van der Waals surface area contributed by atoms with Crippen molar-refractivity contribution >= 4 is 45.7 Å². The quantitative estimate of drug-likeness (QED) is 0.0695. The lowest BCUT2D eigenvalue weighted by Crippen LogP contribution is -2.23. The molecule has 1 aromatic heterocycles. The summed E-state index contributed by atoms with van der Waals surface area (Å²) in [6, 6.07) is 16.9. The van der Waals surface area contributed by atoms with Gasteiger partial charge in [-0.25, -0.2) is 4.98 Å². The third kappa shape index (κ3) is 9.18. The fraction of sp³-hybridized carbons (Fsp3) is 0.364. The van der Waals surface area contributed by atoms with E-state index in [0.29, 0.717) is 80.2 Å². The molecule has 12 nitrogen and oxygen atoms in total. The molecular formula is C33H35NO11. The first-order valence-electron chi connectivity index (χ1n) is 14.7. The van der Waals surface area contributed by atoms with Gasteiger partial charge in [-0.3, -0.25) is 19.2 Å². The first-order valence-corrected chi connectivity index (χ1v) is 14.7. The number of hydrogen-bond donors (Lipinski definition) is 4. The highest BCUT2D eigenvalue weighted by atomic mass is 16.5. The summed E-state index contributed by atoms with van der Waals surface area (Å²) in [5.41, 5.74) is 2.05. The molecule has 45 heavy (non-hydrogen) atoms. The van der Waals surface area contributed by atoms with Crippen molar-refractivity contribution in [2.75, 3.05) is 13.2 Å². The van der Waals surface area contributed by atoms with Crippen LogP contribution < -0.4 is 9.47 Å². The van der Waals surface area contributed by atoms with Gasteiger partial charge < -0.3 is 34.3 Å². The molecule has 0 unspecified atom stereocenters. The molecule has 0 fully saturated rings. The lowest BCUT2D eigenvalue weighted by molar-refractivity contribution is -0.156. The van der Waals surface area contributed by atoms with Crippen molar-refractivity contribution in [3.8, 4) is 23.0 Å². The Labute approximate surface area is 258 Å². The van der Waals surface area contributed by atoms with Gasteiger partial charge in [0.2, 0.25) is 5.89 Å². The topological polar surface area (TPSA) is 194 Å². The molecule has 4 aromatic rings. The smallest absolute Gasteiger partial charge is 0.317 e. The maximum Gasteiger partial charge on any atom is 0.317 e. The number of aromatic nitrogens is 1. The average Bonchev–Trinajstić information content (AvgIpc) is 3.42. The molecule has 0 amide bonds. The zero-order valence-electron chi connectivity index (χ0n) is 24.5. The molecule has 0 bridgehead atoms. The average molecular weight is 622 g/mol. The van der Waals surface area contributed by atoms with Crippen LogP contribution in [0.1, 0.15) is 51.4 Å². The van der Waals surface area contributed by atoms with Gasteiger partial charge in [-0.15, -0.1) is 0 Å². The second kappa shape index (κ2) is 15.6. The number of fused-ring (bicyclic) bond motifs is 2. The van der Waals surface area contributed by atoms with Crippen molar-refractivity contribution in [2.24, 2.45) is 11.8 Å². The van der Waals surface area contributed by atoms with E-state index in [1.54, 1.807) is 12.1 Å². The molecule has 3 aromatic carbocycles. The van der Waals surface area contributed by atoms with Crippen LogP contribution >= 0.6 is 0 Å². The molecular weight excluding hydrogens is 586 g/mol. The minimum atomic E-state index is -1.38. The monoisotopic (exact) mass is 621 g/mol. The second-order valence-electron chi connectivity index (χ2n) is 10.7. The Hall–Kier alpha value is -5.13. The minimum absolute atomic E-state index is 0.0825. The van der Waals surface area contributed by atoms with Gasteiger partial charge in [0.05, 0.1) is 13.2 Å². The third-order valence-electron chi connectivity index (χ3n) is 7.42. The van der Waals surface area contributed by atoms with Crippen LogP contribution in [0, 0.1) is 11.8 Å². The number of carboxylic acids is 4. The molecule has 0 spiro atoms. The summed E-state index contributed by atoms with van der Waals surface area (Å²) in [5.74, 6) is -6.26. The number of nitrogens with zero attached hydrogens (tertiary/aromatic N) is 1. The highest BCUT2D eigenvalue weighted by Gasteiger charge is 2.25. The fourth-order valence-electron chi connectivity index (χ4n) is 4.90. The molecule has 0 aliphatic carbocycles. The maximum absolute atomic E-state index is 11.0. The normalized spacial score (nSPS) is 11.3. The number of carboxylic acid groups (broad SMARTS) is 4. The highest BCUT2D eigenvalue weighted by Crippen LogP contribution is 2.30. The molecule has 0 saturated carbocycles.